The zero-order chi connectivity index (χ0) is 12.5. The summed E-state index contributed by atoms with van der Waals surface area (Å²) in [5.41, 5.74) is 2.50. The molecule has 3 heteroatoms. The fourth-order valence-corrected chi connectivity index (χ4v) is 1.86. The van der Waals surface area contributed by atoms with E-state index in [1.165, 1.54) is 12.1 Å². The minimum atomic E-state index is -0.281. The van der Waals surface area contributed by atoms with Gasteiger partial charge >= 0.3 is 0 Å². The Labute approximate surface area is 104 Å². The summed E-state index contributed by atoms with van der Waals surface area (Å²) >= 11 is 0. The van der Waals surface area contributed by atoms with E-state index in [0.29, 0.717) is 17.3 Å². The predicted octanol–water partition coefficient (Wildman–Crippen LogP) is 3.90. The summed E-state index contributed by atoms with van der Waals surface area (Å²) in [5, 5.41) is 0. The smallest absolute Gasteiger partial charge is 0.227 e. The standard InChI is InChI=1S/C15H10FNO/c1-10-13-4-2-3-5-14(13)15(18-10)17-12-8-6-11(16)7-9-12/h2-9H,1H2. The molecular weight excluding hydrogens is 229 g/mol. The van der Waals surface area contributed by atoms with Crippen LogP contribution in [0.15, 0.2) is 60.1 Å². The third-order valence-electron chi connectivity index (χ3n) is 2.74. The number of nitrogens with zero attached hydrogens (tertiary/aromatic N) is 1. The molecule has 0 bridgehead atoms. The van der Waals surface area contributed by atoms with Gasteiger partial charge in [-0.05, 0) is 30.3 Å². The van der Waals surface area contributed by atoms with Crippen LogP contribution in [-0.2, 0) is 4.74 Å². The number of rotatable bonds is 1. The van der Waals surface area contributed by atoms with Crippen LogP contribution in [0.5, 0.6) is 0 Å². The first-order valence-corrected chi connectivity index (χ1v) is 5.55. The van der Waals surface area contributed by atoms with Crippen molar-refractivity contribution in [1.29, 1.82) is 0 Å². The molecule has 0 amide bonds. The molecule has 0 saturated carbocycles. The van der Waals surface area contributed by atoms with Gasteiger partial charge in [0, 0.05) is 11.1 Å². The van der Waals surface area contributed by atoms with Crippen molar-refractivity contribution in [3.8, 4) is 0 Å². The minimum Gasteiger partial charge on any atom is -0.438 e. The van der Waals surface area contributed by atoms with Crippen LogP contribution in [-0.4, -0.2) is 5.90 Å². The third-order valence-corrected chi connectivity index (χ3v) is 2.74. The number of hydrogen-bond donors (Lipinski definition) is 0. The van der Waals surface area contributed by atoms with Gasteiger partial charge in [-0.1, -0.05) is 24.8 Å². The molecule has 0 unspecified atom stereocenters. The van der Waals surface area contributed by atoms with Crippen LogP contribution in [0.25, 0.3) is 5.76 Å². The Morgan fingerprint density at radius 2 is 1.61 bits per heavy atom. The molecule has 0 radical (unpaired) electrons. The molecule has 0 N–H and O–H groups in total. The molecule has 0 spiro atoms. The van der Waals surface area contributed by atoms with Crippen LogP contribution < -0.4 is 0 Å². The Balaban J connectivity index is 2.04. The SMILES string of the molecule is C=C1OC(=Nc2ccc(F)cc2)c2ccccc21. The van der Waals surface area contributed by atoms with Crippen molar-refractivity contribution in [2.45, 2.75) is 0 Å². The molecule has 3 rings (SSSR count). The first-order chi connectivity index (χ1) is 8.74. The first kappa shape index (κ1) is 10.7. The van der Waals surface area contributed by atoms with E-state index in [0.717, 1.165) is 11.1 Å². The Kier molecular flexibility index (Phi) is 2.45. The topological polar surface area (TPSA) is 21.6 Å². The van der Waals surface area contributed by atoms with E-state index in [1.54, 1.807) is 12.1 Å². The summed E-state index contributed by atoms with van der Waals surface area (Å²) in [6.07, 6.45) is 0. The molecule has 2 nitrogen and oxygen atoms in total. The van der Waals surface area contributed by atoms with Crippen LogP contribution >= 0.6 is 0 Å². The molecule has 2 aromatic carbocycles. The number of halogens is 1. The average molecular weight is 239 g/mol. The number of ether oxygens (including phenoxy) is 1. The summed E-state index contributed by atoms with van der Waals surface area (Å²) in [6.45, 7) is 3.84. The molecule has 88 valence electrons. The highest BCUT2D eigenvalue weighted by Crippen LogP contribution is 2.30. The van der Waals surface area contributed by atoms with E-state index in [-0.39, 0.29) is 5.82 Å². The van der Waals surface area contributed by atoms with E-state index in [4.69, 9.17) is 4.74 Å². The van der Waals surface area contributed by atoms with Gasteiger partial charge in [-0.25, -0.2) is 9.38 Å². The zero-order valence-corrected chi connectivity index (χ0v) is 9.56. The van der Waals surface area contributed by atoms with Crippen molar-refractivity contribution < 1.29 is 9.13 Å². The molecule has 0 fully saturated rings. The molecule has 0 aliphatic carbocycles. The maximum Gasteiger partial charge on any atom is 0.227 e. The van der Waals surface area contributed by atoms with Crippen molar-refractivity contribution in [2.75, 3.05) is 0 Å². The third kappa shape index (κ3) is 1.80. The van der Waals surface area contributed by atoms with E-state index >= 15 is 0 Å². The van der Waals surface area contributed by atoms with E-state index in [1.807, 2.05) is 24.3 Å². The van der Waals surface area contributed by atoms with Gasteiger partial charge in [-0.3, -0.25) is 0 Å². The maximum absolute atomic E-state index is 12.8. The van der Waals surface area contributed by atoms with E-state index in [9.17, 15) is 4.39 Å². The number of aliphatic imine (C=N–C) groups is 1. The van der Waals surface area contributed by atoms with Crippen molar-refractivity contribution in [3.05, 3.63) is 72.1 Å². The lowest BCUT2D eigenvalue weighted by molar-refractivity contribution is 0.527. The summed E-state index contributed by atoms with van der Waals surface area (Å²) in [7, 11) is 0. The fourth-order valence-electron chi connectivity index (χ4n) is 1.86. The van der Waals surface area contributed by atoms with Crippen LogP contribution in [0.4, 0.5) is 10.1 Å². The summed E-state index contributed by atoms with van der Waals surface area (Å²) in [6, 6.07) is 13.7. The quantitative estimate of drug-likeness (QED) is 0.739. The van der Waals surface area contributed by atoms with Gasteiger partial charge in [-0.2, -0.15) is 0 Å². The Morgan fingerprint density at radius 3 is 2.33 bits per heavy atom. The van der Waals surface area contributed by atoms with Crippen LogP contribution in [0.1, 0.15) is 11.1 Å². The second kappa shape index (κ2) is 4.11. The second-order valence-corrected chi connectivity index (χ2v) is 3.96. The highest BCUT2D eigenvalue weighted by atomic mass is 19.1. The monoisotopic (exact) mass is 239 g/mol. The van der Waals surface area contributed by atoms with Crippen LogP contribution in [0, 0.1) is 5.82 Å². The normalized spacial score (nSPS) is 15.6. The van der Waals surface area contributed by atoms with Gasteiger partial charge in [0.1, 0.15) is 11.6 Å². The average Bonchev–Trinajstić information content (AvgIpc) is 2.70. The predicted molar refractivity (Wildman–Crippen MR) is 69.2 cm³/mol. The number of hydrogen-bond acceptors (Lipinski definition) is 2. The molecule has 0 atom stereocenters. The van der Waals surface area contributed by atoms with Crippen LogP contribution in [0.2, 0.25) is 0 Å². The second-order valence-electron chi connectivity index (χ2n) is 3.96. The molecule has 2 aromatic rings. The van der Waals surface area contributed by atoms with Crippen molar-refractivity contribution in [2.24, 2.45) is 4.99 Å². The molecule has 18 heavy (non-hydrogen) atoms. The summed E-state index contributed by atoms with van der Waals surface area (Å²) in [5.74, 6) is 0.810. The van der Waals surface area contributed by atoms with Crippen molar-refractivity contribution in [1.82, 2.24) is 0 Å². The lowest BCUT2D eigenvalue weighted by Gasteiger charge is -1.99. The van der Waals surface area contributed by atoms with Crippen molar-refractivity contribution in [3.63, 3.8) is 0 Å². The molecular formula is C15H10FNO. The highest BCUT2D eigenvalue weighted by Gasteiger charge is 2.22. The van der Waals surface area contributed by atoms with Gasteiger partial charge in [0.15, 0.2) is 0 Å². The Hall–Kier alpha value is -2.42. The molecule has 0 saturated heterocycles. The summed E-state index contributed by atoms with van der Waals surface area (Å²) in [4.78, 5) is 4.36. The highest BCUT2D eigenvalue weighted by molar-refractivity contribution is 6.06. The van der Waals surface area contributed by atoms with E-state index in [2.05, 4.69) is 11.6 Å². The van der Waals surface area contributed by atoms with E-state index < -0.39 is 0 Å². The largest absolute Gasteiger partial charge is 0.438 e. The van der Waals surface area contributed by atoms with Gasteiger partial charge in [0.05, 0.1) is 5.69 Å². The lowest BCUT2D eigenvalue weighted by Crippen LogP contribution is -1.95. The molecule has 1 aliphatic heterocycles. The van der Waals surface area contributed by atoms with Gasteiger partial charge in [0.2, 0.25) is 5.90 Å². The number of benzene rings is 2. The molecule has 1 aliphatic rings. The Morgan fingerprint density at radius 1 is 0.944 bits per heavy atom. The van der Waals surface area contributed by atoms with Gasteiger partial charge in [0.25, 0.3) is 0 Å². The number of fused-ring (bicyclic) bond motifs is 1. The minimum absolute atomic E-state index is 0.281. The van der Waals surface area contributed by atoms with Crippen molar-refractivity contribution >= 4 is 17.3 Å². The Bertz CT molecular complexity index is 644. The zero-order valence-electron chi connectivity index (χ0n) is 9.56. The first-order valence-electron chi connectivity index (χ1n) is 5.55. The van der Waals surface area contributed by atoms with Gasteiger partial charge < -0.3 is 4.74 Å². The summed E-state index contributed by atoms with van der Waals surface area (Å²) < 4.78 is 18.3. The van der Waals surface area contributed by atoms with Crippen LogP contribution in [0.3, 0.4) is 0 Å². The van der Waals surface area contributed by atoms with Gasteiger partial charge in [-0.15, -0.1) is 0 Å². The molecule has 0 aromatic heterocycles. The maximum atomic E-state index is 12.8. The fraction of sp³-hybridized carbons (Fsp3) is 0. The molecule has 1 heterocycles. The lowest BCUT2D eigenvalue weighted by atomic mass is 10.1.